The van der Waals surface area contributed by atoms with Crippen molar-refractivity contribution in [2.45, 2.75) is 31.7 Å². The maximum atomic E-state index is 12.3. The number of rotatable bonds is 7. The standard InChI is InChI=1S/C22H21N3O4/c26-19(23-15-9-7-14(8-10-15)20(27)24-16-11-12-16)6-3-13-25-21(28)17-4-1-2-5-18(17)22(25)29/h1-2,4-5,7-10,16H,3,6,11-13H2,(H,23,26)(H,24,27). The highest BCUT2D eigenvalue weighted by Crippen LogP contribution is 2.23. The summed E-state index contributed by atoms with van der Waals surface area (Å²) in [5.41, 5.74) is 1.97. The van der Waals surface area contributed by atoms with Gasteiger partial charge >= 0.3 is 0 Å². The number of nitrogens with zero attached hydrogens (tertiary/aromatic N) is 1. The van der Waals surface area contributed by atoms with E-state index in [9.17, 15) is 19.2 Å². The van der Waals surface area contributed by atoms with Gasteiger partial charge in [-0.3, -0.25) is 24.1 Å². The van der Waals surface area contributed by atoms with Gasteiger partial charge in [0, 0.05) is 30.3 Å². The summed E-state index contributed by atoms with van der Waals surface area (Å²) in [7, 11) is 0. The Labute approximate surface area is 168 Å². The molecule has 7 nitrogen and oxygen atoms in total. The van der Waals surface area contributed by atoms with E-state index in [1.54, 1.807) is 48.5 Å². The number of carbonyl (C=O) groups excluding carboxylic acids is 4. The molecule has 0 saturated heterocycles. The first kappa shape index (κ1) is 18.9. The molecular formula is C22H21N3O4. The van der Waals surface area contributed by atoms with Crippen molar-refractivity contribution in [3.8, 4) is 0 Å². The third-order valence-electron chi connectivity index (χ3n) is 5.01. The predicted molar refractivity (Wildman–Crippen MR) is 107 cm³/mol. The second kappa shape index (κ2) is 7.87. The van der Waals surface area contributed by atoms with E-state index in [-0.39, 0.29) is 36.6 Å². The van der Waals surface area contributed by atoms with E-state index in [0.29, 0.717) is 34.8 Å². The largest absolute Gasteiger partial charge is 0.349 e. The van der Waals surface area contributed by atoms with E-state index >= 15 is 0 Å². The molecule has 4 rings (SSSR count). The molecule has 1 saturated carbocycles. The smallest absolute Gasteiger partial charge is 0.261 e. The summed E-state index contributed by atoms with van der Waals surface area (Å²) >= 11 is 0. The molecule has 1 fully saturated rings. The first-order chi connectivity index (χ1) is 14.0. The zero-order valence-electron chi connectivity index (χ0n) is 15.8. The molecule has 1 aliphatic carbocycles. The molecule has 0 atom stereocenters. The maximum absolute atomic E-state index is 12.3. The molecule has 0 bridgehead atoms. The van der Waals surface area contributed by atoms with Crippen molar-refractivity contribution in [2.75, 3.05) is 11.9 Å². The lowest BCUT2D eigenvalue weighted by molar-refractivity contribution is -0.116. The normalized spacial score (nSPS) is 15.2. The Morgan fingerprint density at radius 3 is 2.14 bits per heavy atom. The predicted octanol–water partition coefficient (Wildman–Crippen LogP) is 2.59. The van der Waals surface area contributed by atoms with Crippen molar-refractivity contribution < 1.29 is 19.2 Å². The van der Waals surface area contributed by atoms with Crippen LogP contribution in [0.1, 0.15) is 56.8 Å². The second-order valence-corrected chi connectivity index (χ2v) is 7.28. The Hall–Kier alpha value is -3.48. The van der Waals surface area contributed by atoms with Crippen LogP contribution >= 0.6 is 0 Å². The minimum atomic E-state index is -0.314. The number of imide groups is 1. The quantitative estimate of drug-likeness (QED) is 0.709. The van der Waals surface area contributed by atoms with Crippen molar-refractivity contribution in [3.05, 3.63) is 65.2 Å². The van der Waals surface area contributed by atoms with Crippen LogP contribution in [0.25, 0.3) is 0 Å². The third-order valence-corrected chi connectivity index (χ3v) is 5.01. The summed E-state index contributed by atoms with van der Waals surface area (Å²) < 4.78 is 0. The van der Waals surface area contributed by atoms with Crippen LogP contribution in [0.2, 0.25) is 0 Å². The van der Waals surface area contributed by atoms with Crippen LogP contribution in [0.4, 0.5) is 5.69 Å². The van der Waals surface area contributed by atoms with Crippen molar-refractivity contribution in [1.29, 1.82) is 0 Å². The monoisotopic (exact) mass is 391 g/mol. The topological polar surface area (TPSA) is 95.6 Å². The fourth-order valence-electron chi connectivity index (χ4n) is 3.26. The molecule has 1 heterocycles. The molecule has 2 aromatic carbocycles. The van der Waals surface area contributed by atoms with Crippen LogP contribution in [0.15, 0.2) is 48.5 Å². The SMILES string of the molecule is O=C(CCCN1C(=O)c2ccccc2C1=O)Nc1ccc(C(=O)NC2CC2)cc1. The van der Waals surface area contributed by atoms with Crippen LogP contribution < -0.4 is 10.6 Å². The van der Waals surface area contributed by atoms with Crippen LogP contribution in [0, 0.1) is 0 Å². The summed E-state index contributed by atoms with van der Waals surface area (Å²) in [6, 6.07) is 13.7. The van der Waals surface area contributed by atoms with Gasteiger partial charge in [0.1, 0.15) is 0 Å². The summed E-state index contributed by atoms with van der Waals surface area (Å²) in [6.07, 6.45) is 2.61. The number of hydrogen-bond acceptors (Lipinski definition) is 4. The zero-order valence-corrected chi connectivity index (χ0v) is 15.8. The van der Waals surface area contributed by atoms with Gasteiger partial charge in [0.25, 0.3) is 17.7 Å². The van der Waals surface area contributed by atoms with Crippen molar-refractivity contribution in [3.63, 3.8) is 0 Å². The summed E-state index contributed by atoms with van der Waals surface area (Å²) in [6.45, 7) is 0.194. The maximum Gasteiger partial charge on any atom is 0.261 e. The molecule has 0 radical (unpaired) electrons. The van der Waals surface area contributed by atoms with Gasteiger partial charge < -0.3 is 10.6 Å². The number of hydrogen-bond donors (Lipinski definition) is 2. The van der Waals surface area contributed by atoms with E-state index in [4.69, 9.17) is 0 Å². The van der Waals surface area contributed by atoms with Crippen molar-refractivity contribution in [2.24, 2.45) is 0 Å². The van der Waals surface area contributed by atoms with Gasteiger partial charge in [-0.2, -0.15) is 0 Å². The molecule has 2 N–H and O–H groups in total. The molecule has 2 aromatic rings. The number of fused-ring (bicyclic) bond motifs is 1. The number of nitrogens with one attached hydrogen (secondary N) is 2. The average molecular weight is 391 g/mol. The number of amides is 4. The van der Waals surface area contributed by atoms with Crippen molar-refractivity contribution in [1.82, 2.24) is 10.2 Å². The van der Waals surface area contributed by atoms with Crippen LogP contribution in [-0.2, 0) is 4.79 Å². The lowest BCUT2D eigenvalue weighted by atomic mass is 10.1. The minimum Gasteiger partial charge on any atom is -0.349 e. The second-order valence-electron chi connectivity index (χ2n) is 7.28. The molecule has 0 aromatic heterocycles. The average Bonchev–Trinajstić information content (AvgIpc) is 3.51. The molecule has 4 amide bonds. The molecular weight excluding hydrogens is 370 g/mol. The third kappa shape index (κ3) is 4.18. The lowest BCUT2D eigenvalue weighted by Gasteiger charge is -2.13. The van der Waals surface area contributed by atoms with Gasteiger partial charge in [0.05, 0.1) is 11.1 Å². The fraction of sp³-hybridized carbons (Fsp3) is 0.273. The van der Waals surface area contributed by atoms with E-state index in [1.807, 2.05) is 0 Å². The Kier molecular flexibility index (Phi) is 5.12. The van der Waals surface area contributed by atoms with Gasteiger partial charge in [-0.1, -0.05) is 12.1 Å². The highest BCUT2D eigenvalue weighted by atomic mass is 16.2. The van der Waals surface area contributed by atoms with Gasteiger partial charge in [0.2, 0.25) is 5.91 Å². The number of benzene rings is 2. The van der Waals surface area contributed by atoms with E-state index in [1.165, 1.54) is 4.90 Å². The van der Waals surface area contributed by atoms with Crippen LogP contribution in [0.5, 0.6) is 0 Å². The van der Waals surface area contributed by atoms with Crippen LogP contribution in [-0.4, -0.2) is 41.1 Å². The Balaban J connectivity index is 1.25. The highest BCUT2D eigenvalue weighted by Gasteiger charge is 2.34. The van der Waals surface area contributed by atoms with E-state index in [2.05, 4.69) is 10.6 Å². The van der Waals surface area contributed by atoms with Gasteiger partial charge in [-0.15, -0.1) is 0 Å². The van der Waals surface area contributed by atoms with Gasteiger partial charge in [-0.25, -0.2) is 0 Å². The highest BCUT2D eigenvalue weighted by molar-refractivity contribution is 6.21. The van der Waals surface area contributed by atoms with Gasteiger partial charge in [-0.05, 0) is 55.7 Å². The summed E-state index contributed by atoms with van der Waals surface area (Å²) in [5, 5.41) is 5.68. The number of carbonyl (C=O) groups is 4. The molecule has 2 aliphatic rings. The molecule has 0 unspecified atom stereocenters. The Morgan fingerprint density at radius 2 is 1.55 bits per heavy atom. The molecule has 148 valence electrons. The zero-order chi connectivity index (χ0) is 20.4. The van der Waals surface area contributed by atoms with E-state index in [0.717, 1.165) is 12.8 Å². The Bertz CT molecular complexity index is 945. The van der Waals surface area contributed by atoms with E-state index < -0.39 is 0 Å². The Morgan fingerprint density at radius 1 is 0.931 bits per heavy atom. The minimum absolute atomic E-state index is 0.105. The molecule has 7 heteroatoms. The summed E-state index contributed by atoms with van der Waals surface area (Å²) in [5.74, 6) is -0.944. The molecule has 29 heavy (non-hydrogen) atoms. The summed E-state index contributed by atoms with van der Waals surface area (Å²) in [4.78, 5) is 49.9. The first-order valence-electron chi connectivity index (χ1n) is 9.69. The molecule has 1 aliphatic heterocycles. The molecule has 0 spiro atoms. The lowest BCUT2D eigenvalue weighted by Crippen LogP contribution is -2.31. The van der Waals surface area contributed by atoms with Crippen molar-refractivity contribution >= 4 is 29.3 Å². The fourth-order valence-corrected chi connectivity index (χ4v) is 3.26. The van der Waals surface area contributed by atoms with Crippen LogP contribution in [0.3, 0.4) is 0 Å². The first-order valence-corrected chi connectivity index (χ1v) is 9.69. The number of anilines is 1. The van der Waals surface area contributed by atoms with Gasteiger partial charge in [0.15, 0.2) is 0 Å².